The number of carbonyl (C=O) groups is 1. The SMILES string of the molecule is CONC(=O)[C@H](C)N. The molecule has 1 amide bonds. The van der Waals surface area contributed by atoms with E-state index in [2.05, 4.69) is 10.3 Å². The summed E-state index contributed by atoms with van der Waals surface area (Å²) in [6.45, 7) is 1.58. The molecule has 0 saturated heterocycles. The summed E-state index contributed by atoms with van der Waals surface area (Å²) in [5, 5.41) is 0. The first-order chi connectivity index (χ1) is 3.68. The van der Waals surface area contributed by atoms with Gasteiger partial charge in [-0.1, -0.05) is 0 Å². The highest BCUT2D eigenvalue weighted by molar-refractivity contribution is 5.79. The van der Waals surface area contributed by atoms with Gasteiger partial charge in [0.2, 0.25) is 0 Å². The van der Waals surface area contributed by atoms with Gasteiger partial charge < -0.3 is 5.73 Å². The minimum absolute atomic E-state index is 0.312. The van der Waals surface area contributed by atoms with Crippen LogP contribution < -0.4 is 11.2 Å². The third-order valence-electron chi connectivity index (χ3n) is 0.616. The van der Waals surface area contributed by atoms with Gasteiger partial charge in [-0.15, -0.1) is 0 Å². The molecule has 1 atom stereocenters. The lowest BCUT2D eigenvalue weighted by Crippen LogP contribution is -2.37. The van der Waals surface area contributed by atoms with Gasteiger partial charge in [0.25, 0.3) is 5.91 Å². The molecule has 0 heterocycles. The first-order valence-corrected chi connectivity index (χ1v) is 2.27. The van der Waals surface area contributed by atoms with Gasteiger partial charge in [0.1, 0.15) is 0 Å². The van der Waals surface area contributed by atoms with Crippen molar-refractivity contribution in [3.63, 3.8) is 0 Å². The van der Waals surface area contributed by atoms with Crippen LogP contribution in [0.1, 0.15) is 6.92 Å². The maximum Gasteiger partial charge on any atom is 0.260 e. The molecule has 0 rings (SSSR count). The van der Waals surface area contributed by atoms with Crippen LogP contribution in [-0.4, -0.2) is 19.1 Å². The molecule has 0 aliphatic heterocycles. The van der Waals surface area contributed by atoms with E-state index in [9.17, 15) is 4.79 Å². The predicted octanol–water partition coefficient (Wildman–Crippen LogP) is -0.989. The molecule has 0 aromatic carbocycles. The third kappa shape index (κ3) is 2.54. The third-order valence-corrected chi connectivity index (χ3v) is 0.616. The normalized spacial score (nSPS) is 12.9. The summed E-state index contributed by atoms with van der Waals surface area (Å²) in [4.78, 5) is 14.7. The molecule has 8 heavy (non-hydrogen) atoms. The van der Waals surface area contributed by atoms with Gasteiger partial charge in [0, 0.05) is 0 Å². The molecular formula is C4H10N2O2. The van der Waals surface area contributed by atoms with E-state index in [4.69, 9.17) is 5.73 Å². The molecule has 48 valence electrons. The second-order valence-corrected chi connectivity index (χ2v) is 1.46. The van der Waals surface area contributed by atoms with Crippen molar-refractivity contribution in [1.29, 1.82) is 0 Å². The summed E-state index contributed by atoms with van der Waals surface area (Å²) >= 11 is 0. The van der Waals surface area contributed by atoms with Crippen LogP contribution in [0.4, 0.5) is 0 Å². The molecular weight excluding hydrogens is 108 g/mol. The van der Waals surface area contributed by atoms with Gasteiger partial charge in [-0.3, -0.25) is 9.63 Å². The van der Waals surface area contributed by atoms with E-state index < -0.39 is 6.04 Å². The summed E-state index contributed by atoms with van der Waals surface area (Å²) in [6, 6.07) is -0.505. The Morgan fingerprint density at radius 2 is 2.38 bits per heavy atom. The fourth-order valence-electron chi connectivity index (χ4n) is 0.194. The van der Waals surface area contributed by atoms with Crippen LogP contribution in [0.3, 0.4) is 0 Å². The van der Waals surface area contributed by atoms with Gasteiger partial charge in [-0.25, -0.2) is 5.48 Å². The second kappa shape index (κ2) is 3.40. The Kier molecular flexibility index (Phi) is 3.14. The number of hydrogen-bond donors (Lipinski definition) is 2. The van der Waals surface area contributed by atoms with Crippen molar-refractivity contribution >= 4 is 5.91 Å². The van der Waals surface area contributed by atoms with Crippen molar-refractivity contribution in [2.24, 2.45) is 5.73 Å². The molecule has 0 aromatic rings. The van der Waals surface area contributed by atoms with Crippen LogP contribution in [0.15, 0.2) is 0 Å². The van der Waals surface area contributed by atoms with Gasteiger partial charge in [-0.2, -0.15) is 0 Å². The molecule has 0 unspecified atom stereocenters. The minimum atomic E-state index is -0.505. The van der Waals surface area contributed by atoms with E-state index in [1.807, 2.05) is 0 Å². The number of nitrogens with one attached hydrogen (secondary N) is 1. The number of hydroxylamine groups is 1. The lowest BCUT2D eigenvalue weighted by molar-refractivity contribution is -0.132. The predicted molar refractivity (Wildman–Crippen MR) is 28.8 cm³/mol. The Hall–Kier alpha value is -0.610. The molecule has 0 radical (unpaired) electrons. The fraction of sp³-hybridized carbons (Fsp3) is 0.750. The Balaban J connectivity index is 3.33. The highest BCUT2D eigenvalue weighted by Gasteiger charge is 2.03. The van der Waals surface area contributed by atoms with Gasteiger partial charge >= 0.3 is 0 Å². The first-order valence-electron chi connectivity index (χ1n) is 2.27. The smallest absolute Gasteiger partial charge is 0.260 e. The summed E-state index contributed by atoms with van der Waals surface area (Å²) < 4.78 is 0. The van der Waals surface area contributed by atoms with Crippen LogP contribution in [-0.2, 0) is 9.63 Å². The maximum absolute atomic E-state index is 10.4. The van der Waals surface area contributed by atoms with Gasteiger partial charge in [-0.05, 0) is 6.92 Å². The Labute approximate surface area is 48.0 Å². The first kappa shape index (κ1) is 7.39. The van der Waals surface area contributed by atoms with Crippen LogP contribution in [0.5, 0.6) is 0 Å². The van der Waals surface area contributed by atoms with Crippen LogP contribution in [0, 0.1) is 0 Å². The molecule has 0 fully saturated rings. The highest BCUT2D eigenvalue weighted by Crippen LogP contribution is 1.71. The molecule has 0 aliphatic rings. The van der Waals surface area contributed by atoms with Crippen molar-refractivity contribution in [3.8, 4) is 0 Å². The molecule has 3 N–H and O–H groups in total. The van der Waals surface area contributed by atoms with Crippen molar-refractivity contribution in [1.82, 2.24) is 5.48 Å². The van der Waals surface area contributed by atoms with E-state index >= 15 is 0 Å². The van der Waals surface area contributed by atoms with Gasteiger partial charge in [0.15, 0.2) is 0 Å². The minimum Gasteiger partial charge on any atom is -0.320 e. The fourth-order valence-corrected chi connectivity index (χ4v) is 0.194. The van der Waals surface area contributed by atoms with E-state index in [0.29, 0.717) is 0 Å². The standard InChI is InChI=1S/C4H10N2O2/c1-3(5)4(7)6-8-2/h3H,5H2,1-2H3,(H,6,7)/t3-/m0/s1. The molecule has 0 bridgehead atoms. The molecule has 0 saturated carbocycles. The summed E-state index contributed by atoms with van der Waals surface area (Å²) in [5.74, 6) is -0.312. The summed E-state index contributed by atoms with van der Waals surface area (Å²) in [5.41, 5.74) is 7.21. The quantitative estimate of drug-likeness (QED) is 0.458. The maximum atomic E-state index is 10.4. The lowest BCUT2D eigenvalue weighted by Gasteiger charge is -2.02. The highest BCUT2D eigenvalue weighted by atomic mass is 16.6. The Bertz CT molecular complexity index is 82.1. The zero-order valence-electron chi connectivity index (χ0n) is 4.97. The molecule has 4 nitrogen and oxygen atoms in total. The van der Waals surface area contributed by atoms with Crippen molar-refractivity contribution in [3.05, 3.63) is 0 Å². The van der Waals surface area contributed by atoms with Crippen LogP contribution in [0.25, 0.3) is 0 Å². The van der Waals surface area contributed by atoms with E-state index in [0.717, 1.165) is 0 Å². The summed E-state index contributed by atoms with van der Waals surface area (Å²) in [7, 11) is 1.36. The Morgan fingerprint density at radius 1 is 1.88 bits per heavy atom. The monoisotopic (exact) mass is 118 g/mol. The molecule has 0 aliphatic carbocycles. The van der Waals surface area contributed by atoms with E-state index in [1.165, 1.54) is 7.11 Å². The number of amides is 1. The van der Waals surface area contributed by atoms with Gasteiger partial charge in [0.05, 0.1) is 13.2 Å². The van der Waals surface area contributed by atoms with E-state index in [1.54, 1.807) is 6.92 Å². The number of nitrogens with two attached hydrogens (primary N) is 1. The van der Waals surface area contributed by atoms with E-state index in [-0.39, 0.29) is 5.91 Å². The lowest BCUT2D eigenvalue weighted by atomic mass is 10.4. The van der Waals surface area contributed by atoms with Crippen molar-refractivity contribution in [2.45, 2.75) is 13.0 Å². The topological polar surface area (TPSA) is 64.3 Å². The number of carbonyl (C=O) groups excluding carboxylic acids is 1. The van der Waals surface area contributed by atoms with Crippen LogP contribution >= 0.6 is 0 Å². The second-order valence-electron chi connectivity index (χ2n) is 1.46. The van der Waals surface area contributed by atoms with Crippen molar-refractivity contribution in [2.75, 3.05) is 7.11 Å². The zero-order chi connectivity index (χ0) is 6.57. The molecule has 0 spiro atoms. The van der Waals surface area contributed by atoms with Crippen molar-refractivity contribution < 1.29 is 9.63 Å². The average molecular weight is 118 g/mol. The largest absolute Gasteiger partial charge is 0.320 e. The Morgan fingerprint density at radius 3 is 2.50 bits per heavy atom. The number of hydrogen-bond acceptors (Lipinski definition) is 3. The zero-order valence-corrected chi connectivity index (χ0v) is 4.97. The summed E-state index contributed by atoms with van der Waals surface area (Å²) in [6.07, 6.45) is 0. The number of rotatable bonds is 2. The average Bonchev–Trinajstić information content (AvgIpc) is 1.67. The molecule has 0 aromatic heterocycles. The van der Waals surface area contributed by atoms with Crippen LogP contribution in [0.2, 0.25) is 0 Å². The molecule has 4 heteroatoms.